The van der Waals surface area contributed by atoms with Crippen LogP contribution in [0.4, 0.5) is 0 Å². The summed E-state index contributed by atoms with van der Waals surface area (Å²) >= 11 is 2.03. The van der Waals surface area contributed by atoms with Gasteiger partial charge in [-0.25, -0.2) is 0 Å². The molecule has 2 saturated heterocycles. The minimum Gasteiger partial charge on any atom is -0.393 e. The van der Waals surface area contributed by atoms with E-state index in [1.54, 1.807) is 0 Å². The molecule has 2 fully saturated rings. The van der Waals surface area contributed by atoms with E-state index in [0.29, 0.717) is 5.92 Å². The molecule has 0 aromatic carbocycles. The lowest BCUT2D eigenvalue weighted by Gasteiger charge is -2.31. The molecule has 6 nitrogen and oxygen atoms in total. The minimum absolute atomic E-state index is 0.118. The van der Waals surface area contributed by atoms with Crippen LogP contribution in [0.15, 0.2) is 0 Å². The summed E-state index contributed by atoms with van der Waals surface area (Å²) in [4.78, 5) is 4.98. The van der Waals surface area contributed by atoms with Crippen molar-refractivity contribution in [2.24, 2.45) is 7.05 Å². The summed E-state index contributed by atoms with van der Waals surface area (Å²) in [5, 5.41) is 18.7. The van der Waals surface area contributed by atoms with Crippen LogP contribution in [0.1, 0.15) is 50.2 Å². The van der Waals surface area contributed by atoms with E-state index in [9.17, 15) is 5.11 Å². The standard InChI is InChI=1S/C18H33N5OS/c1-3-25-13-12-22-8-4-15(5-9-22)18-20-19-17(21(18)2)14-23-10-6-16(24)7-11-23/h15-16,24H,3-14H2,1-2H3. The first-order chi connectivity index (χ1) is 12.2. The summed E-state index contributed by atoms with van der Waals surface area (Å²) in [6.45, 7) is 8.57. The summed E-state index contributed by atoms with van der Waals surface area (Å²) in [7, 11) is 2.12. The number of aliphatic hydroxyl groups is 1. The number of hydrogen-bond donors (Lipinski definition) is 1. The molecule has 0 saturated carbocycles. The van der Waals surface area contributed by atoms with Crippen LogP contribution in [0.5, 0.6) is 0 Å². The van der Waals surface area contributed by atoms with Crippen LogP contribution < -0.4 is 0 Å². The van der Waals surface area contributed by atoms with Gasteiger partial charge in [-0.1, -0.05) is 6.92 Å². The van der Waals surface area contributed by atoms with E-state index in [1.807, 2.05) is 11.8 Å². The van der Waals surface area contributed by atoms with Gasteiger partial charge in [-0.05, 0) is 44.5 Å². The predicted octanol–water partition coefficient (Wildman–Crippen LogP) is 1.70. The number of likely N-dealkylation sites (tertiary alicyclic amines) is 2. The molecule has 2 aliphatic rings. The van der Waals surface area contributed by atoms with Gasteiger partial charge in [0.1, 0.15) is 11.6 Å². The summed E-state index contributed by atoms with van der Waals surface area (Å²) < 4.78 is 2.22. The van der Waals surface area contributed by atoms with Crippen molar-refractivity contribution in [2.45, 2.75) is 51.2 Å². The van der Waals surface area contributed by atoms with Crippen molar-refractivity contribution < 1.29 is 5.11 Å². The molecule has 7 heteroatoms. The summed E-state index contributed by atoms with van der Waals surface area (Å²) in [5.74, 6) is 5.24. The molecular weight excluding hydrogens is 334 g/mol. The highest BCUT2D eigenvalue weighted by Gasteiger charge is 2.26. The van der Waals surface area contributed by atoms with Crippen molar-refractivity contribution >= 4 is 11.8 Å². The van der Waals surface area contributed by atoms with Crippen LogP contribution in [0.2, 0.25) is 0 Å². The molecule has 3 heterocycles. The van der Waals surface area contributed by atoms with Gasteiger partial charge in [0, 0.05) is 38.4 Å². The fourth-order valence-corrected chi connectivity index (χ4v) is 4.57. The third-order valence-electron chi connectivity index (χ3n) is 5.63. The predicted molar refractivity (Wildman–Crippen MR) is 103 cm³/mol. The SMILES string of the molecule is CCSCCN1CCC(c2nnc(CN3CCC(O)CC3)n2C)CC1. The van der Waals surface area contributed by atoms with E-state index in [0.717, 1.165) is 44.1 Å². The molecule has 0 atom stereocenters. The van der Waals surface area contributed by atoms with Crippen molar-refractivity contribution in [3.05, 3.63) is 11.6 Å². The normalized spacial score (nSPS) is 21.9. The molecule has 1 aromatic heterocycles. The van der Waals surface area contributed by atoms with Gasteiger partial charge in [0.05, 0.1) is 12.6 Å². The minimum atomic E-state index is -0.118. The van der Waals surface area contributed by atoms with Gasteiger partial charge in [-0.3, -0.25) is 4.90 Å². The van der Waals surface area contributed by atoms with Crippen LogP contribution in [0.25, 0.3) is 0 Å². The topological polar surface area (TPSA) is 57.4 Å². The van der Waals surface area contributed by atoms with E-state index >= 15 is 0 Å². The number of piperidine rings is 2. The lowest BCUT2D eigenvalue weighted by molar-refractivity contribution is 0.0775. The van der Waals surface area contributed by atoms with E-state index < -0.39 is 0 Å². The fourth-order valence-electron chi connectivity index (χ4n) is 3.90. The first kappa shape index (κ1) is 19.1. The Labute approximate surface area is 156 Å². The molecular formula is C18H33N5OS. The summed E-state index contributed by atoms with van der Waals surface area (Å²) in [6.07, 6.45) is 4.02. The van der Waals surface area contributed by atoms with E-state index in [1.165, 1.54) is 44.0 Å². The monoisotopic (exact) mass is 367 g/mol. The van der Waals surface area contributed by atoms with Gasteiger partial charge in [0.2, 0.25) is 0 Å². The number of nitrogens with zero attached hydrogens (tertiary/aromatic N) is 5. The Morgan fingerprint density at radius 1 is 1.04 bits per heavy atom. The van der Waals surface area contributed by atoms with Gasteiger partial charge in [-0.2, -0.15) is 11.8 Å². The maximum atomic E-state index is 9.65. The number of hydrogen-bond acceptors (Lipinski definition) is 6. The second kappa shape index (κ2) is 9.35. The van der Waals surface area contributed by atoms with E-state index in [-0.39, 0.29) is 6.10 Å². The van der Waals surface area contributed by atoms with Crippen molar-refractivity contribution in [1.29, 1.82) is 0 Å². The van der Waals surface area contributed by atoms with Crippen LogP contribution >= 0.6 is 11.8 Å². The van der Waals surface area contributed by atoms with Crippen molar-refractivity contribution in [1.82, 2.24) is 24.6 Å². The first-order valence-electron chi connectivity index (χ1n) is 9.76. The number of aliphatic hydroxyl groups excluding tert-OH is 1. The number of thioether (sulfide) groups is 1. The molecule has 0 spiro atoms. The Hall–Kier alpha value is -0.630. The highest BCUT2D eigenvalue weighted by atomic mass is 32.2. The van der Waals surface area contributed by atoms with Gasteiger partial charge in [0.15, 0.2) is 0 Å². The molecule has 0 bridgehead atoms. The van der Waals surface area contributed by atoms with E-state index in [4.69, 9.17) is 0 Å². The first-order valence-corrected chi connectivity index (χ1v) is 10.9. The molecule has 0 aliphatic carbocycles. The largest absolute Gasteiger partial charge is 0.393 e. The maximum Gasteiger partial charge on any atom is 0.146 e. The quantitative estimate of drug-likeness (QED) is 0.741. The molecule has 1 aromatic rings. The Morgan fingerprint density at radius 3 is 2.40 bits per heavy atom. The van der Waals surface area contributed by atoms with Crippen LogP contribution in [0, 0.1) is 0 Å². The van der Waals surface area contributed by atoms with Crippen molar-refractivity contribution in [3.63, 3.8) is 0 Å². The van der Waals surface area contributed by atoms with Crippen molar-refractivity contribution in [3.8, 4) is 0 Å². The smallest absolute Gasteiger partial charge is 0.146 e. The molecule has 3 rings (SSSR count). The Bertz CT molecular complexity index is 522. The molecule has 0 unspecified atom stereocenters. The average Bonchev–Trinajstić information content (AvgIpc) is 2.98. The second-order valence-corrected chi connectivity index (χ2v) is 8.75. The molecule has 2 aliphatic heterocycles. The third kappa shape index (κ3) is 5.18. The van der Waals surface area contributed by atoms with E-state index in [2.05, 4.69) is 38.5 Å². The summed E-state index contributed by atoms with van der Waals surface area (Å²) in [6, 6.07) is 0. The number of aromatic nitrogens is 3. The van der Waals surface area contributed by atoms with Gasteiger partial charge >= 0.3 is 0 Å². The Morgan fingerprint density at radius 2 is 1.72 bits per heavy atom. The lowest BCUT2D eigenvalue weighted by atomic mass is 9.96. The molecule has 25 heavy (non-hydrogen) atoms. The highest BCUT2D eigenvalue weighted by molar-refractivity contribution is 7.99. The highest BCUT2D eigenvalue weighted by Crippen LogP contribution is 2.27. The zero-order chi connectivity index (χ0) is 17.6. The van der Waals surface area contributed by atoms with Crippen molar-refractivity contribution in [2.75, 3.05) is 44.2 Å². The zero-order valence-corrected chi connectivity index (χ0v) is 16.5. The molecule has 142 valence electrons. The number of rotatable bonds is 7. The van der Waals surface area contributed by atoms with Crippen LogP contribution in [0.3, 0.4) is 0 Å². The van der Waals surface area contributed by atoms with Crippen LogP contribution in [-0.2, 0) is 13.6 Å². The Kier molecular flexibility index (Phi) is 7.16. The van der Waals surface area contributed by atoms with Gasteiger partial charge in [-0.15, -0.1) is 10.2 Å². The Balaban J connectivity index is 1.50. The lowest BCUT2D eigenvalue weighted by Crippen LogP contribution is -2.36. The van der Waals surface area contributed by atoms with Gasteiger partial charge in [0.25, 0.3) is 0 Å². The molecule has 0 amide bonds. The van der Waals surface area contributed by atoms with Crippen LogP contribution in [-0.4, -0.2) is 80.0 Å². The average molecular weight is 368 g/mol. The molecule has 1 N–H and O–H groups in total. The zero-order valence-electron chi connectivity index (χ0n) is 15.7. The third-order valence-corrected chi connectivity index (χ3v) is 6.51. The maximum absolute atomic E-state index is 9.65. The second-order valence-electron chi connectivity index (χ2n) is 7.35. The summed E-state index contributed by atoms with van der Waals surface area (Å²) in [5.41, 5.74) is 0. The fraction of sp³-hybridized carbons (Fsp3) is 0.889. The van der Waals surface area contributed by atoms with Gasteiger partial charge < -0.3 is 14.6 Å². The molecule has 0 radical (unpaired) electrons.